The molecule has 0 radical (unpaired) electrons. The molecule has 0 bridgehead atoms. The standard InChI is InChI=1S/C17H21N5O4S2/c1-3-21-11-15(12(2)19-21)28(23,24)22-6-7-25-14(10-22)17-18-16(20-26-17)9-13-5-4-8-27-13/h4-5,8,11,14H,3,6-7,9-10H2,1-2H3/t14-/m1/s1. The van der Waals surface area contributed by atoms with Crippen LogP contribution in [0.5, 0.6) is 0 Å². The Bertz CT molecular complexity index is 1040. The van der Waals surface area contributed by atoms with Crippen LogP contribution in [-0.4, -0.2) is 52.3 Å². The van der Waals surface area contributed by atoms with Gasteiger partial charge in [0.1, 0.15) is 4.90 Å². The summed E-state index contributed by atoms with van der Waals surface area (Å²) >= 11 is 1.62. The Kier molecular flexibility index (Phi) is 5.32. The number of aromatic nitrogens is 4. The molecule has 1 fully saturated rings. The van der Waals surface area contributed by atoms with Crippen molar-refractivity contribution < 1.29 is 17.7 Å². The van der Waals surface area contributed by atoms with Crippen molar-refractivity contribution in [1.82, 2.24) is 24.2 Å². The van der Waals surface area contributed by atoms with E-state index in [0.717, 1.165) is 4.88 Å². The summed E-state index contributed by atoms with van der Waals surface area (Å²) in [4.78, 5) is 5.75. The summed E-state index contributed by atoms with van der Waals surface area (Å²) in [7, 11) is -3.68. The average molecular weight is 424 g/mol. The van der Waals surface area contributed by atoms with E-state index < -0.39 is 16.1 Å². The molecule has 0 unspecified atom stereocenters. The smallest absolute Gasteiger partial charge is 0.257 e. The number of ether oxygens (including phenoxy) is 1. The first-order valence-electron chi connectivity index (χ1n) is 8.98. The van der Waals surface area contributed by atoms with Gasteiger partial charge in [-0.25, -0.2) is 8.42 Å². The molecular formula is C17H21N5O4S2. The van der Waals surface area contributed by atoms with E-state index in [-0.39, 0.29) is 24.6 Å². The minimum atomic E-state index is -3.68. The Balaban J connectivity index is 1.51. The van der Waals surface area contributed by atoms with Crippen LogP contribution in [0.15, 0.2) is 33.1 Å². The SMILES string of the molecule is CCn1cc(S(=O)(=O)N2CCO[C@@H](c3nc(Cc4cccs4)no3)C2)c(C)n1. The molecule has 0 spiro atoms. The van der Waals surface area contributed by atoms with Crippen LogP contribution in [0.2, 0.25) is 0 Å². The monoisotopic (exact) mass is 423 g/mol. The molecule has 1 aliphatic rings. The average Bonchev–Trinajstić information content (AvgIpc) is 3.43. The normalized spacial score (nSPS) is 18.6. The maximum Gasteiger partial charge on any atom is 0.257 e. The van der Waals surface area contributed by atoms with Crippen molar-refractivity contribution in [2.45, 2.75) is 37.8 Å². The summed E-state index contributed by atoms with van der Waals surface area (Å²) in [5.41, 5.74) is 0.487. The summed E-state index contributed by atoms with van der Waals surface area (Å²) in [6.45, 7) is 4.87. The molecule has 0 N–H and O–H groups in total. The fourth-order valence-corrected chi connectivity index (χ4v) is 5.38. The molecule has 1 aliphatic heterocycles. The van der Waals surface area contributed by atoms with E-state index in [2.05, 4.69) is 15.2 Å². The minimum absolute atomic E-state index is 0.125. The van der Waals surface area contributed by atoms with Crippen molar-refractivity contribution in [2.75, 3.05) is 19.7 Å². The largest absolute Gasteiger partial charge is 0.366 e. The molecule has 150 valence electrons. The third-order valence-corrected chi connectivity index (χ3v) is 7.39. The molecule has 9 nitrogen and oxygen atoms in total. The summed E-state index contributed by atoms with van der Waals surface area (Å²) in [6, 6.07) is 3.97. The lowest BCUT2D eigenvalue weighted by Gasteiger charge is -2.30. The van der Waals surface area contributed by atoms with Gasteiger partial charge in [-0.15, -0.1) is 11.3 Å². The first-order valence-corrected chi connectivity index (χ1v) is 11.3. The van der Waals surface area contributed by atoms with Crippen LogP contribution in [0.3, 0.4) is 0 Å². The Labute approximate surface area is 167 Å². The van der Waals surface area contributed by atoms with Gasteiger partial charge >= 0.3 is 0 Å². The van der Waals surface area contributed by atoms with Gasteiger partial charge in [0.25, 0.3) is 5.89 Å². The first-order chi connectivity index (χ1) is 13.5. The molecule has 0 aromatic carbocycles. The number of hydrogen-bond donors (Lipinski definition) is 0. The molecule has 3 aromatic heterocycles. The molecule has 0 amide bonds. The van der Waals surface area contributed by atoms with Crippen molar-refractivity contribution in [1.29, 1.82) is 0 Å². The molecule has 1 atom stereocenters. The summed E-state index contributed by atoms with van der Waals surface area (Å²) < 4.78 is 40.2. The molecule has 0 aliphatic carbocycles. The van der Waals surface area contributed by atoms with Crippen LogP contribution in [0.4, 0.5) is 0 Å². The maximum atomic E-state index is 13.1. The lowest BCUT2D eigenvalue weighted by Crippen LogP contribution is -2.42. The number of hydrogen-bond acceptors (Lipinski definition) is 8. The van der Waals surface area contributed by atoms with Crippen molar-refractivity contribution >= 4 is 21.4 Å². The number of rotatable bonds is 6. The second-order valence-electron chi connectivity index (χ2n) is 6.46. The van der Waals surface area contributed by atoms with Crippen molar-refractivity contribution in [2.24, 2.45) is 0 Å². The van der Waals surface area contributed by atoms with Crippen molar-refractivity contribution in [3.63, 3.8) is 0 Å². The van der Waals surface area contributed by atoms with Gasteiger partial charge in [-0.1, -0.05) is 11.2 Å². The quantitative estimate of drug-likeness (QED) is 0.597. The predicted octanol–water partition coefficient (Wildman–Crippen LogP) is 2.01. The predicted molar refractivity (Wildman–Crippen MR) is 102 cm³/mol. The Hall–Kier alpha value is -2.08. The van der Waals surface area contributed by atoms with Crippen LogP contribution >= 0.6 is 11.3 Å². The molecule has 1 saturated heterocycles. The second-order valence-corrected chi connectivity index (χ2v) is 9.40. The highest BCUT2D eigenvalue weighted by Gasteiger charge is 2.35. The van der Waals surface area contributed by atoms with Gasteiger partial charge in [0.05, 0.1) is 12.3 Å². The summed E-state index contributed by atoms with van der Waals surface area (Å²) in [5, 5.41) is 10.2. The van der Waals surface area contributed by atoms with Gasteiger partial charge in [-0.3, -0.25) is 4.68 Å². The fourth-order valence-electron chi connectivity index (χ4n) is 3.09. The topological polar surface area (TPSA) is 103 Å². The van der Waals surface area contributed by atoms with E-state index in [4.69, 9.17) is 9.26 Å². The van der Waals surface area contributed by atoms with Crippen molar-refractivity contribution in [3.05, 3.63) is 46.0 Å². The molecule has 11 heteroatoms. The van der Waals surface area contributed by atoms with E-state index in [1.165, 1.54) is 4.31 Å². The first kappa shape index (κ1) is 19.2. The van der Waals surface area contributed by atoms with E-state index in [1.807, 2.05) is 24.4 Å². The molecule has 4 rings (SSSR count). The number of thiophene rings is 1. The van der Waals surface area contributed by atoms with Crippen LogP contribution in [0, 0.1) is 6.92 Å². The number of nitrogens with zero attached hydrogens (tertiary/aromatic N) is 5. The van der Waals surface area contributed by atoms with Gasteiger partial charge in [0, 0.05) is 37.1 Å². The van der Waals surface area contributed by atoms with Gasteiger partial charge < -0.3 is 9.26 Å². The van der Waals surface area contributed by atoms with E-state index in [1.54, 1.807) is 29.1 Å². The Morgan fingerprint density at radius 1 is 1.39 bits per heavy atom. The van der Waals surface area contributed by atoms with Crippen LogP contribution in [0.1, 0.15) is 35.3 Å². The Morgan fingerprint density at radius 2 is 2.25 bits per heavy atom. The maximum absolute atomic E-state index is 13.1. The number of sulfonamides is 1. The molecule has 0 saturated carbocycles. The zero-order chi connectivity index (χ0) is 19.7. The fraction of sp³-hybridized carbons (Fsp3) is 0.471. The zero-order valence-electron chi connectivity index (χ0n) is 15.6. The van der Waals surface area contributed by atoms with Gasteiger partial charge in [-0.05, 0) is 25.3 Å². The summed E-state index contributed by atoms with van der Waals surface area (Å²) in [6.07, 6.45) is 1.56. The van der Waals surface area contributed by atoms with Gasteiger partial charge in [-0.2, -0.15) is 14.4 Å². The number of morpholine rings is 1. The molecule has 4 heterocycles. The van der Waals surface area contributed by atoms with Crippen LogP contribution in [-0.2, 0) is 27.7 Å². The van der Waals surface area contributed by atoms with Crippen LogP contribution < -0.4 is 0 Å². The third-order valence-electron chi connectivity index (χ3n) is 4.54. The lowest BCUT2D eigenvalue weighted by atomic mass is 10.3. The molecular weight excluding hydrogens is 402 g/mol. The van der Waals surface area contributed by atoms with Gasteiger partial charge in [0.15, 0.2) is 11.9 Å². The highest BCUT2D eigenvalue weighted by Crippen LogP contribution is 2.27. The van der Waals surface area contributed by atoms with Crippen LogP contribution in [0.25, 0.3) is 0 Å². The zero-order valence-corrected chi connectivity index (χ0v) is 17.2. The van der Waals surface area contributed by atoms with E-state index >= 15 is 0 Å². The number of aryl methyl sites for hydroxylation is 2. The lowest BCUT2D eigenvalue weighted by molar-refractivity contribution is -0.0199. The molecule has 28 heavy (non-hydrogen) atoms. The molecule has 3 aromatic rings. The highest BCUT2D eigenvalue weighted by molar-refractivity contribution is 7.89. The van der Waals surface area contributed by atoms with Crippen molar-refractivity contribution in [3.8, 4) is 0 Å². The van der Waals surface area contributed by atoms with E-state index in [0.29, 0.717) is 30.4 Å². The van der Waals surface area contributed by atoms with Gasteiger partial charge in [0.2, 0.25) is 10.0 Å². The minimum Gasteiger partial charge on any atom is -0.366 e. The summed E-state index contributed by atoms with van der Waals surface area (Å²) in [5.74, 6) is 0.855. The Morgan fingerprint density at radius 3 is 2.96 bits per heavy atom. The second kappa shape index (κ2) is 7.74. The third kappa shape index (κ3) is 3.75. The highest BCUT2D eigenvalue weighted by atomic mass is 32.2. The van der Waals surface area contributed by atoms with E-state index in [9.17, 15) is 8.42 Å².